The standard InChI is InChI=1S/C26H21N5O3/c1-16-18(14-27)7-5-9-20(16)23-13-22(29-26(28)30-23)17-10-11-31(24(32)12-17)15-19-6-3-4-8-21(19)25(33)34-2/h3-13H,15H2,1-2H3,(H2,28,29,30). The zero-order chi connectivity index (χ0) is 24.2. The monoisotopic (exact) mass is 451 g/mol. The van der Waals surface area contributed by atoms with Crippen LogP contribution in [0.3, 0.4) is 0 Å². The SMILES string of the molecule is COC(=O)c1ccccc1Cn1ccc(-c2cc(-c3cccc(C#N)c3C)nc(N)n2)cc1=O. The van der Waals surface area contributed by atoms with Crippen molar-refractivity contribution in [3.05, 3.63) is 99.5 Å². The number of methoxy groups -OCH3 is 1. The molecule has 0 amide bonds. The average molecular weight is 451 g/mol. The molecule has 0 aliphatic heterocycles. The highest BCUT2D eigenvalue weighted by atomic mass is 16.5. The minimum atomic E-state index is -0.458. The molecule has 4 rings (SSSR count). The number of rotatable bonds is 5. The summed E-state index contributed by atoms with van der Waals surface area (Å²) < 4.78 is 6.33. The van der Waals surface area contributed by atoms with Crippen molar-refractivity contribution in [2.24, 2.45) is 0 Å². The molecule has 0 radical (unpaired) electrons. The van der Waals surface area contributed by atoms with Crippen LogP contribution in [0.1, 0.15) is 27.0 Å². The summed E-state index contributed by atoms with van der Waals surface area (Å²) in [5, 5.41) is 9.33. The molecule has 0 spiro atoms. The first-order chi connectivity index (χ1) is 16.4. The van der Waals surface area contributed by atoms with Gasteiger partial charge in [0.05, 0.1) is 42.2 Å². The fraction of sp³-hybridized carbons (Fsp3) is 0.115. The van der Waals surface area contributed by atoms with E-state index < -0.39 is 5.97 Å². The van der Waals surface area contributed by atoms with E-state index >= 15 is 0 Å². The Hall–Kier alpha value is -4.77. The number of pyridine rings is 1. The number of nitriles is 1. The minimum Gasteiger partial charge on any atom is -0.465 e. The summed E-state index contributed by atoms with van der Waals surface area (Å²) in [4.78, 5) is 33.5. The third-order valence-corrected chi connectivity index (χ3v) is 5.53. The Kier molecular flexibility index (Phi) is 6.19. The van der Waals surface area contributed by atoms with E-state index in [0.717, 1.165) is 11.1 Å². The lowest BCUT2D eigenvalue weighted by molar-refractivity contribution is 0.0599. The maximum Gasteiger partial charge on any atom is 0.338 e. The Balaban J connectivity index is 1.71. The van der Waals surface area contributed by atoms with Gasteiger partial charge in [-0.1, -0.05) is 30.3 Å². The van der Waals surface area contributed by atoms with Crippen LogP contribution >= 0.6 is 0 Å². The van der Waals surface area contributed by atoms with Gasteiger partial charge >= 0.3 is 5.97 Å². The summed E-state index contributed by atoms with van der Waals surface area (Å²) in [6.45, 7) is 2.06. The van der Waals surface area contributed by atoms with Crippen molar-refractivity contribution < 1.29 is 9.53 Å². The molecule has 0 saturated carbocycles. The van der Waals surface area contributed by atoms with Crippen LogP contribution in [-0.4, -0.2) is 27.6 Å². The molecule has 34 heavy (non-hydrogen) atoms. The van der Waals surface area contributed by atoms with Crippen LogP contribution in [0.5, 0.6) is 0 Å². The zero-order valence-corrected chi connectivity index (χ0v) is 18.6. The summed E-state index contributed by atoms with van der Waals surface area (Å²) in [6, 6.07) is 19.5. The number of nitrogen functional groups attached to an aromatic ring is 1. The number of aromatic nitrogens is 3. The zero-order valence-electron chi connectivity index (χ0n) is 18.6. The molecular weight excluding hydrogens is 430 g/mol. The van der Waals surface area contributed by atoms with E-state index in [1.54, 1.807) is 54.7 Å². The maximum absolute atomic E-state index is 12.9. The van der Waals surface area contributed by atoms with Gasteiger partial charge in [-0.15, -0.1) is 0 Å². The van der Waals surface area contributed by atoms with E-state index in [2.05, 4.69) is 16.0 Å². The summed E-state index contributed by atoms with van der Waals surface area (Å²) in [5.41, 5.74) is 10.5. The highest BCUT2D eigenvalue weighted by Gasteiger charge is 2.14. The number of anilines is 1. The van der Waals surface area contributed by atoms with Crippen LogP contribution in [-0.2, 0) is 11.3 Å². The van der Waals surface area contributed by atoms with Gasteiger partial charge in [-0.05, 0) is 42.3 Å². The highest BCUT2D eigenvalue weighted by Crippen LogP contribution is 2.27. The molecule has 2 aromatic heterocycles. The largest absolute Gasteiger partial charge is 0.465 e. The second kappa shape index (κ2) is 9.38. The van der Waals surface area contributed by atoms with Gasteiger partial charge in [0.1, 0.15) is 0 Å². The molecule has 168 valence electrons. The number of nitrogens with two attached hydrogens (primary N) is 1. The smallest absolute Gasteiger partial charge is 0.338 e. The topological polar surface area (TPSA) is 124 Å². The molecule has 0 atom stereocenters. The fourth-order valence-corrected chi connectivity index (χ4v) is 3.73. The first kappa shape index (κ1) is 22.4. The molecule has 0 aliphatic rings. The first-order valence-corrected chi connectivity index (χ1v) is 10.4. The number of carbonyl (C=O) groups is 1. The lowest BCUT2D eigenvalue weighted by Gasteiger charge is -2.12. The fourth-order valence-electron chi connectivity index (χ4n) is 3.73. The second-order valence-electron chi connectivity index (χ2n) is 7.62. The number of nitrogens with zero attached hydrogens (tertiary/aromatic N) is 4. The van der Waals surface area contributed by atoms with Crippen molar-refractivity contribution in [3.8, 4) is 28.6 Å². The Bertz CT molecular complexity index is 1500. The van der Waals surface area contributed by atoms with Gasteiger partial charge < -0.3 is 15.0 Å². The van der Waals surface area contributed by atoms with E-state index in [9.17, 15) is 14.9 Å². The third-order valence-electron chi connectivity index (χ3n) is 5.53. The molecule has 0 saturated heterocycles. The Labute approximate surface area is 195 Å². The summed E-state index contributed by atoms with van der Waals surface area (Å²) in [5.74, 6) is -0.398. The van der Waals surface area contributed by atoms with Crippen LogP contribution in [0.15, 0.2) is 71.7 Å². The number of hydrogen-bond acceptors (Lipinski definition) is 7. The van der Waals surface area contributed by atoms with Crippen LogP contribution < -0.4 is 11.3 Å². The van der Waals surface area contributed by atoms with Gasteiger partial charge in [0.2, 0.25) is 5.95 Å². The van der Waals surface area contributed by atoms with Gasteiger partial charge in [-0.25, -0.2) is 14.8 Å². The van der Waals surface area contributed by atoms with E-state index in [-0.39, 0.29) is 18.1 Å². The summed E-state index contributed by atoms with van der Waals surface area (Å²) in [6.07, 6.45) is 1.64. The summed E-state index contributed by atoms with van der Waals surface area (Å²) >= 11 is 0. The number of carbonyl (C=O) groups excluding carboxylic acids is 1. The highest BCUT2D eigenvalue weighted by molar-refractivity contribution is 5.91. The van der Waals surface area contributed by atoms with Crippen molar-refractivity contribution in [2.75, 3.05) is 12.8 Å². The lowest BCUT2D eigenvalue weighted by atomic mass is 9.99. The molecule has 0 bridgehead atoms. The van der Waals surface area contributed by atoms with Crippen molar-refractivity contribution in [2.45, 2.75) is 13.5 Å². The van der Waals surface area contributed by atoms with Gasteiger partial charge in [0.25, 0.3) is 5.56 Å². The molecule has 2 heterocycles. The average Bonchev–Trinajstić information content (AvgIpc) is 2.85. The predicted octanol–water partition coefficient (Wildman–Crippen LogP) is 3.57. The van der Waals surface area contributed by atoms with E-state index in [1.807, 2.05) is 13.0 Å². The molecule has 0 aliphatic carbocycles. The van der Waals surface area contributed by atoms with Crippen LogP contribution in [0.4, 0.5) is 5.95 Å². The second-order valence-corrected chi connectivity index (χ2v) is 7.62. The van der Waals surface area contributed by atoms with Gasteiger partial charge in [0.15, 0.2) is 0 Å². The molecular formula is C26H21N5O3. The van der Waals surface area contributed by atoms with Crippen LogP contribution in [0, 0.1) is 18.3 Å². The van der Waals surface area contributed by atoms with Crippen LogP contribution in [0.2, 0.25) is 0 Å². The van der Waals surface area contributed by atoms with Crippen molar-refractivity contribution in [1.29, 1.82) is 5.26 Å². The number of ether oxygens (including phenoxy) is 1. The first-order valence-electron chi connectivity index (χ1n) is 10.4. The molecule has 4 aromatic rings. The molecule has 0 unspecified atom stereocenters. The van der Waals surface area contributed by atoms with E-state index in [0.29, 0.717) is 33.6 Å². The molecule has 0 fully saturated rings. The maximum atomic E-state index is 12.9. The van der Waals surface area contributed by atoms with Gasteiger partial charge in [-0.3, -0.25) is 4.79 Å². The third kappa shape index (κ3) is 4.40. The Morgan fingerprint density at radius 3 is 2.59 bits per heavy atom. The van der Waals surface area contributed by atoms with E-state index in [1.165, 1.54) is 17.7 Å². The molecule has 8 nitrogen and oxygen atoms in total. The number of benzene rings is 2. The van der Waals surface area contributed by atoms with Gasteiger partial charge in [0, 0.05) is 23.4 Å². The minimum absolute atomic E-state index is 0.0606. The molecule has 2 N–H and O–H groups in total. The van der Waals surface area contributed by atoms with Crippen molar-refractivity contribution in [1.82, 2.24) is 14.5 Å². The number of hydrogen-bond donors (Lipinski definition) is 1. The van der Waals surface area contributed by atoms with E-state index in [4.69, 9.17) is 10.5 Å². The Morgan fingerprint density at radius 1 is 1.09 bits per heavy atom. The predicted molar refractivity (Wildman–Crippen MR) is 128 cm³/mol. The van der Waals surface area contributed by atoms with Crippen molar-refractivity contribution >= 4 is 11.9 Å². The summed E-state index contributed by atoms with van der Waals surface area (Å²) in [7, 11) is 1.32. The van der Waals surface area contributed by atoms with Crippen LogP contribution in [0.25, 0.3) is 22.5 Å². The number of esters is 1. The lowest BCUT2D eigenvalue weighted by Crippen LogP contribution is -2.20. The molecule has 8 heteroatoms. The quantitative estimate of drug-likeness (QED) is 0.460. The molecule has 2 aromatic carbocycles. The normalized spacial score (nSPS) is 10.5. The Morgan fingerprint density at radius 2 is 1.85 bits per heavy atom. The van der Waals surface area contributed by atoms with Crippen molar-refractivity contribution in [3.63, 3.8) is 0 Å². The van der Waals surface area contributed by atoms with Gasteiger partial charge in [-0.2, -0.15) is 5.26 Å².